The van der Waals surface area contributed by atoms with E-state index in [1.54, 1.807) is 0 Å². The molecule has 2 heterocycles. The van der Waals surface area contributed by atoms with Gasteiger partial charge in [0.15, 0.2) is 0 Å². The summed E-state index contributed by atoms with van der Waals surface area (Å²) < 4.78 is 11.2. The highest BCUT2D eigenvalue weighted by Crippen LogP contribution is 2.25. The third kappa shape index (κ3) is 2.85. The first-order valence-electron chi connectivity index (χ1n) is 6.97. The first-order valence-corrected chi connectivity index (χ1v) is 6.97. The molecule has 2 atom stereocenters. The molecule has 2 aliphatic rings. The summed E-state index contributed by atoms with van der Waals surface area (Å²) in [4.78, 5) is 0. The quantitative estimate of drug-likeness (QED) is 0.889. The van der Waals surface area contributed by atoms with E-state index in [1.807, 2.05) is 0 Å². The maximum Gasteiger partial charge on any atom is 0.124 e. The SMILES string of the molecule is c1cc(C2CCCNC2)ccc1OC1CCOC1. The average Bonchev–Trinajstić information content (AvgIpc) is 2.94. The predicted molar refractivity (Wildman–Crippen MR) is 71.1 cm³/mol. The highest BCUT2D eigenvalue weighted by Gasteiger charge is 2.18. The van der Waals surface area contributed by atoms with Gasteiger partial charge in [0.25, 0.3) is 0 Å². The van der Waals surface area contributed by atoms with Gasteiger partial charge in [-0.25, -0.2) is 0 Å². The number of hydrogen-bond acceptors (Lipinski definition) is 3. The molecule has 2 saturated heterocycles. The van der Waals surface area contributed by atoms with Crippen LogP contribution < -0.4 is 10.1 Å². The van der Waals surface area contributed by atoms with Crippen molar-refractivity contribution < 1.29 is 9.47 Å². The molecule has 0 saturated carbocycles. The van der Waals surface area contributed by atoms with Crippen LogP contribution in [0, 0.1) is 0 Å². The Bertz CT molecular complexity index is 365. The Balaban J connectivity index is 1.60. The fourth-order valence-corrected chi connectivity index (χ4v) is 2.75. The first-order chi connectivity index (χ1) is 8.92. The third-order valence-electron chi connectivity index (χ3n) is 3.84. The second kappa shape index (κ2) is 5.72. The molecule has 98 valence electrons. The Kier molecular flexibility index (Phi) is 3.81. The van der Waals surface area contributed by atoms with E-state index in [0.717, 1.165) is 31.9 Å². The largest absolute Gasteiger partial charge is 0.488 e. The van der Waals surface area contributed by atoms with Crippen molar-refractivity contribution in [2.24, 2.45) is 0 Å². The Morgan fingerprint density at radius 1 is 1.17 bits per heavy atom. The lowest BCUT2D eigenvalue weighted by Gasteiger charge is -2.23. The molecule has 2 fully saturated rings. The van der Waals surface area contributed by atoms with E-state index in [2.05, 4.69) is 29.6 Å². The van der Waals surface area contributed by atoms with Crippen molar-refractivity contribution in [1.29, 1.82) is 0 Å². The van der Waals surface area contributed by atoms with Gasteiger partial charge in [-0.15, -0.1) is 0 Å². The maximum atomic E-state index is 5.88. The second-order valence-electron chi connectivity index (χ2n) is 5.22. The topological polar surface area (TPSA) is 30.5 Å². The van der Waals surface area contributed by atoms with Crippen LogP contribution in [0.15, 0.2) is 24.3 Å². The van der Waals surface area contributed by atoms with Gasteiger partial charge in [0, 0.05) is 13.0 Å². The molecule has 2 unspecified atom stereocenters. The standard InChI is InChI=1S/C15H21NO2/c1-2-13(10-16-8-1)12-3-5-14(6-4-12)18-15-7-9-17-11-15/h3-6,13,15-16H,1-2,7-11H2. The highest BCUT2D eigenvalue weighted by atomic mass is 16.5. The lowest BCUT2D eigenvalue weighted by atomic mass is 9.92. The Morgan fingerprint density at radius 3 is 2.72 bits per heavy atom. The van der Waals surface area contributed by atoms with Crippen molar-refractivity contribution in [3.05, 3.63) is 29.8 Å². The zero-order valence-electron chi connectivity index (χ0n) is 10.7. The highest BCUT2D eigenvalue weighted by molar-refractivity contribution is 5.30. The molecule has 18 heavy (non-hydrogen) atoms. The van der Waals surface area contributed by atoms with Gasteiger partial charge in [-0.05, 0) is 43.0 Å². The minimum Gasteiger partial charge on any atom is -0.488 e. The van der Waals surface area contributed by atoms with Crippen molar-refractivity contribution in [3.63, 3.8) is 0 Å². The summed E-state index contributed by atoms with van der Waals surface area (Å²) in [6, 6.07) is 8.62. The summed E-state index contributed by atoms with van der Waals surface area (Å²) in [5.41, 5.74) is 1.43. The molecule has 0 amide bonds. The average molecular weight is 247 g/mol. The van der Waals surface area contributed by atoms with Crippen LogP contribution in [-0.2, 0) is 4.74 Å². The van der Waals surface area contributed by atoms with Gasteiger partial charge in [0.1, 0.15) is 11.9 Å². The van der Waals surface area contributed by atoms with Gasteiger partial charge >= 0.3 is 0 Å². The molecule has 2 aliphatic heterocycles. The number of ether oxygens (including phenoxy) is 2. The minimum atomic E-state index is 0.243. The van der Waals surface area contributed by atoms with Crippen LogP contribution in [0.3, 0.4) is 0 Å². The first kappa shape index (κ1) is 12.0. The minimum absolute atomic E-state index is 0.243. The zero-order valence-corrected chi connectivity index (χ0v) is 10.7. The molecule has 0 aliphatic carbocycles. The lowest BCUT2D eigenvalue weighted by molar-refractivity contribution is 0.141. The van der Waals surface area contributed by atoms with E-state index >= 15 is 0 Å². The van der Waals surface area contributed by atoms with Crippen LogP contribution >= 0.6 is 0 Å². The van der Waals surface area contributed by atoms with Gasteiger partial charge < -0.3 is 14.8 Å². The van der Waals surface area contributed by atoms with Crippen molar-refractivity contribution >= 4 is 0 Å². The summed E-state index contributed by atoms with van der Waals surface area (Å²) in [7, 11) is 0. The number of piperidine rings is 1. The summed E-state index contributed by atoms with van der Waals surface area (Å²) >= 11 is 0. The Labute approximate surface area is 108 Å². The van der Waals surface area contributed by atoms with Gasteiger partial charge in [-0.3, -0.25) is 0 Å². The predicted octanol–water partition coefficient (Wildman–Crippen LogP) is 2.32. The van der Waals surface area contributed by atoms with E-state index in [9.17, 15) is 0 Å². The van der Waals surface area contributed by atoms with Crippen molar-refractivity contribution in [3.8, 4) is 5.75 Å². The maximum absolute atomic E-state index is 5.88. The van der Waals surface area contributed by atoms with E-state index in [1.165, 1.54) is 24.9 Å². The molecule has 3 nitrogen and oxygen atoms in total. The molecule has 0 spiro atoms. The molecule has 1 N–H and O–H groups in total. The fourth-order valence-electron chi connectivity index (χ4n) is 2.75. The van der Waals surface area contributed by atoms with Crippen molar-refractivity contribution in [2.45, 2.75) is 31.3 Å². The van der Waals surface area contributed by atoms with E-state index in [-0.39, 0.29) is 6.10 Å². The smallest absolute Gasteiger partial charge is 0.124 e. The van der Waals surface area contributed by atoms with Gasteiger partial charge in [-0.1, -0.05) is 12.1 Å². The second-order valence-corrected chi connectivity index (χ2v) is 5.22. The summed E-state index contributed by atoms with van der Waals surface area (Å²) in [6.45, 7) is 3.83. The molecule has 0 radical (unpaired) electrons. The van der Waals surface area contributed by atoms with Crippen LogP contribution in [0.25, 0.3) is 0 Å². The Hall–Kier alpha value is -1.06. The molecule has 3 rings (SSSR count). The molecule has 0 bridgehead atoms. The molecule has 3 heteroatoms. The van der Waals surface area contributed by atoms with Crippen LogP contribution in [-0.4, -0.2) is 32.4 Å². The van der Waals surface area contributed by atoms with Gasteiger partial charge in [0.2, 0.25) is 0 Å². The third-order valence-corrected chi connectivity index (χ3v) is 3.84. The van der Waals surface area contributed by atoms with Crippen molar-refractivity contribution in [1.82, 2.24) is 5.32 Å². The summed E-state index contributed by atoms with van der Waals surface area (Å²) in [6.07, 6.45) is 3.83. The zero-order chi connectivity index (χ0) is 12.2. The molecule has 1 aromatic carbocycles. The monoisotopic (exact) mass is 247 g/mol. The van der Waals surface area contributed by atoms with E-state index in [0.29, 0.717) is 5.92 Å². The number of benzene rings is 1. The van der Waals surface area contributed by atoms with Crippen molar-refractivity contribution in [2.75, 3.05) is 26.3 Å². The normalized spacial score (nSPS) is 28.2. The summed E-state index contributed by atoms with van der Waals surface area (Å²) in [5.74, 6) is 1.64. The fraction of sp³-hybridized carbons (Fsp3) is 0.600. The summed E-state index contributed by atoms with van der Waals surface area (Å²) in [5, 5.41) is 3.46. The molecule has 1 aromatic rings. The van der Waals surface area contributed by atoms with Gasteiger partial charge in [0.05, 0.1) is 13.2 Å². The number of hydrogen-bond donors (Lipinski definition) is 1. The van der Waals surface area contributed by atoms with Crippen LogP contribution in [0.4, 0.5) is 0 Å². The van der Waals surface area contributed by atoms with Crippen LogP contribution in [0.1, 0.15) is 30.7 Å². The Morgan fingerprint density at radius 2 is 2.06 bits per heavy atom. The molecular weight excluding hydrogens is 226 g/mol. The van der Waals surface area contributed by atoms with Crippen LogP contribution in [0.2, 0.25) is 0 Å². The van der Waals surface area contributed by atoms with E-state index < -0.39 is 0 Å². The number of rotatable bonds is 3. The molecular formula is C15H21NO2. The molecule has 0 aromatic heterocycles. The van der Waals surface area contributed by atoms with Crippen LogP contribution in [0.5, 0.6) is 5.75 Å². The van der Waals surface area contributed by atoms with Gasteiger partial charge in [-0.2, -0.15) is 0 Å². The van der Waals surface area contributed by atoms with E-state index in [4.69, 9.17) is 9.47 Å². The lowest BCUT2D eigenvalue weighted by Crippen LogP contribution is -2.28. The number of nitrogens with one attached hydrogen (secondary N) is 1.